The van der Waals surface area contributed by atoms with Gasteiger partial charge in [0.15, 0.2) is 0 Å². The van der Waals surface area contributed by atoms with Gasteiger partial charge in [-0.05, 0) is 42.7 Å². The van der Waals surface area contributed by atoms with Crippen LogP contribution in [0.4, 0.5) is 0 Å². The molecule has 0 unspecified atom stereocenters. The molecule has 110 valence electrons. The van der Waals surface area contributed by atoms with Crippen molar-refractivity contribution in [3.05, 3.63) is 64.7 Å². The van der Waals surface area contributed by atoms with Crippen LogP contribution in [0.25, 0.3) is 0 Å². The van der Waals surface area contributed by atoms with Crippen molar-refractivity contribution < 1.29 is 9.53 Å². The third-order valence-corrected chi connectivity index (χ3v) is 3.50. The molecule has 1 N–H and O–H groups in total. The zero-order chi connectivity index (χ0) is 15.2. The quantitative estimate of drug-likeness (QED) is 0.915. The van der Waals surface area contributed by atoms with Crippen molar-refractivity contribution >= 4 is 5.91 Å². The summed E-state index contributed by atoms with van der Waals surface area (Å²) in [5.74, 6) is 0.859. The first-order chi connectivity index (χ1) is 10.1. The third kappa shape index (κ3) is 4.35. The zero-order valence-electron chi connectivity index (χ0n) is 12.8. The monoisotopic (exact) mass is 283 g/mol. The fourth-order valence-corrected chi connectivity index (χ4v) is 2.22. The highest BCUT2D eigenvalue weighted by Crippen LogP contribution is 2.12. The molecular weight excluding hydrogens is 262 g/mol. The lowest BCUT2D eigenvalue weighted by molar-refractivity contribution is -0.120. The number of ether oxygens (including phenoxy) is 1. The standard InChI is InChI=1S/C18H21NO2/c1-13-4-7-16(14(2)10-13)11-18(20)19-12-15-5-8-17(21-3)9-6-15/h4-10H,11-12H2,1-3H3,(H,19,20). The minimum absolute atomic E-state index is 0.0396. The van der Waals surface area contributed by atoms with Gasteiger partial charge in [-0.1, -0.05) is 35.9 Å². The number of aryl methyl sites for hydroxylation is 2. The minimum Gasteiger partial charge on any atom is -0.497 e. The van der Waals surface area contributed by atoms with E-state index in [1.165, 1.54) is 5.56 Å². The molecule has 0 aliphatic rings. The van der Waals surface area contributed by atoms with E-state index in [0.29, 0.717) is 13.0 Å². The fourth-order valence-electron chi connectivity index (χ4n) is 2.22. The first-order valence-corrected chi connectivity index (χ1v) is 7.04. The van der Waals surface area contributed by atoms with Crippen molar-refractivity contribution in [1.82, 2.24) is 5.32 Å². The number of hydrogen-bond acceptors (Lipinski definition) is 2. The first-order valence-electron chi connectivity index (χ1n) is 7.04. The van der Waals surface area contributed by atoms with Crippen LogP contribution in [0.3, 0.4) is 0 Å². The number of hydrogen-bond donors (Lipinski definition) is 1. The molecule has 1 amide bonds. The highest BCUT2D eigenvalue weighted by molar-refractivity contribution is 5.78. The molecule has 0 fully saturated rings. The van der Waals surface area contributed by atoms with E-state index >= 15 is 0 Å². The van der Waals surface area contributed by atoms with Gasteiger partial charge in [0.05, 0.1) is 13.5 Å². The second-order valence-corrected chi connectivity index (χ2v) is 5.23. The summed E-state index contributed by atoms with van der Waals surface area (Å²) in [5, 5.41) is 2.95. The van der Waals surface area contributed by atoms with Crippen LogP contribution in [0.1, 0.15) is 22.3 Å². The van der Waals surface area contributed by atoms with E-state index < -0.39 is 0 Å². The largest absolute Gasteiger partial charge is 0.497 e. The van der Waals surface area contributed by atoms with Gasteiger partial charge in [-0.3, -0.25) is 4.79 Å². The summed E-state index contributed by atoms with van der Waals surface area (Å²) in [6.07, 6.45) is 0.419. The molecule has 2 aromatic carbocycles. The summed E-state index contributed by atoms with van der Waals surface area (Å²) >= 11 is 0. The molecule has 3 nitrogen and oxygen atoms in total. The van der Waals surface area contributed by atoms with Crippen molar-refractivity contribution in [2.45, 2.75) is 26.8 Å². The van der Waals surface area contributed by atoms with Gasteiger partial charge in [-0.15, -0.1) is 0 Å². The second-order valence-electron chi connectivity index (χ2n) is 5.23. The molecular formula is C18H21NO2. The smallest absolute Gasteiger partial charge is 0.224 e. The third-order valence-electron chi connectivity index (χ3n) is 3.50. The number of carbonyl (C=O) groups is 1. The van der Waals surface area contributed by atoms with Gasteiger partial charge in [-0.2, -0.15) is 0 Å². The Morgan fingerprint density at radius 3 is 2.43 bits per heavy atom. The molecule has 3 heteroatoms. The topological polar surface area (TPSA) is 38.3 Å². The summed E-state index contributed by atoms with van der Waals surface area (Å²) in [7, 11) is 1.64. The molecule has 0 atom stereocenters. The van der Waals surface area contributed by atoms with Crippen molar-refractivity contribution in [3.63, 3.8) is 0 Å². The fraction of sp³-hybridized carbons (Fsp3) is 0.278. The van der Waals surface area contributed by atoms with Crippen LogP contribution in [-0.2, 0) is 17.8 Å². The van der Waals surface area contributed by atoms with Gasteiger partial charge >= 0.3 is 0 Å². The number of methoxy groups -OCH3 is 1. The Labute approximate surface area is 126 Å². The number of benzene rings is 2. The Morgan fingerprint density at radius 2 is 1.81 bits per heavy atom. The number of amides is 1. The summed E-state index contributed by atoms with van der Waals surface area (Å²) in [5.41, 5.74) is 4.52. The zero-order valence-corrected chi connectivity index (χ0v) is 12.8. The molecule has 0 radical (unpaired) electrons. The van der Waals surface area contributed by atoms with Crippen LogP contribution in [0.5, 0.6) is 5.75 Å². The summed E-state index contributed by atoms with van der Waals surface area (Å²) < 4.78 is 5.11. The van der Waals surface area contributed by atoms with Crippen LogP contribution in [0.2, 0.25) is 0 Å². The summed E-state index contributed by atoms with van der Waals surface area (Å²) in [6.45, 7) is 4.63. The molecule has 0 saturated heterocycles. The molecule has 0 spiro atoms. The lowest BCUT2D eigenvalue weighted by Gasteiger charge is -2.09. The Bertz CT molecular complexity index is 618. The maximum atomic E-state index is 12.0. The lowest BCUT2D eigenvalue weighted by Crippen LogP contribution is -2.24. The van der Waals surface area contributed by atoms with Gasteiger partial charge in [0.25, 0.3) is 0 Å². The Kier molecular flexibility index (Phi) is 4.99. The maximum Gasteiger partial charge on any atom is 0.224 e. The number of nitrogens with one attached hydrogen (secondary N) is 1. The maximum absolute atomic E-state index is 12.0. The van der Waals surface area contributed by atoms with Crippen LogP contribution in [-0.4, -0.2) is 13.0 Å². The Balaban J connectivity index is 1.89. The van der Waals surface area contributed by atoms with Crippen LogP contribution < -0.4 is 10.1 Å². The highest BCUT2D eigenvalue weighted by Gasteiger charge is 2.06. The predicted octanol–water partition coefficient (Wildman–Crippen LogP) is 3.17. The predicted molar refractivity (Wildman–Crippen MR) is 84.5 cm³/mol. The molecule has 0 saturated carbocycles. The highest BCUT2D eigenvalue weighted by atomic mass is 16.5. The van der Waals surface area contributed by atoms with E-state index in [9.17, 15) is 4.79 Å². The second kappa shape index (κ2) is 6.93. The normalized spacial score (nSPS) is 10.2. The molecule has 0 bridgehead atoms. The average molecular weight is 283 g/mol. The van der Waals surface area contributed by atoms with E-state index in [1.807, 2.05) is 43.3 Å². The number of rotatable bonds is 5. The molecule has 2 aromatic rings. The number of carbonyl (C=O) groups excluding carboxylic acids is 1. The van der Waals surface area contributed by atoms with E-state index in [-0.39, 0.29) is 5.91 Å². The van der Waals surface area contributed by atoms with E-state index in [1.54, 1.807) is 7.11 Å². The molecule has 0 aliphatic carbocycles. The summed E-state index contributed by atoms with van der Waals surface area (Å²) in [6, 6.07) is 13.9. The van der Waals surface area contributed by atoms with Crippen LogP contribution in [0, 0.1) is 13.8 Å². The SMILES string of the molecule is COc1ccc(CNC(=O)Cc2ccc(C)cc2C)cc1. The molecule has 0 aromatic heterocycles. The first kappa shape index (κ1) is 15.1. The lowest BCUT2D eigenvalue weighted by atomic mass is 10.0. The van der Waals surface area contributed by atoms with Gasteiger partial charge in [-0.25, -0.2) is 0 Å². The average Bonchev–Trinajstić information content (AvgIpc) is 2.48. The Hall–Kier alpha value is -2.29. The van der Waals surface area contributed by atoms with E-state index in [0.717, 1.165) is 22.4 Å². The van der Waals surface area contributed by atoms with Crippen LogP contribution >= 0.6 is 0 Å². The molecule has 0 aliphatic heterocycles. The van der Waals surface area contributed by atoms with E-state index in [4.69, 9.17) is 4.74 Å². The van der Waals surface area contributed by atoms with Gasteiger partial charge < -0.3 is 10.1 Å². The Morgan fingerprint density at radius 1 is 1.10 bits per heavy atom. The van der Waals surface area contributed by atoms with Crippen molar-refractivity contribution in [2.75, 3.05) is 7.11 Å². The van der Waals surface area contributed by atoms with Gasteiger partial charge in [0.2, 0.25) is 5.91 Å². The molecule has 0 heterocycles. The van der Waals surface area contributed by atoms with Crippen molar-refractivity contribution in [3.8, 4) is 5.75 Å². The van der Waals surface area contributed by atoms with Crippen molar-refractivity contribution in [1.29, 1.82) is 0 Å². The van der Waals surface area contributed by atoms with Crippen molar-refractivity contribution in [2.24, 2.45) is 0 Å². The molecule has 21 heavy (non-hydrogen) atoms. The van der Waals surface area contributed by atoms with Crippen LogP contribution in [0.15, 0.2) is 42.5 Å². The molecule has 2 rings (SSSR count). The van der Waals surface area contributed by atoms with Gasteiger partial charge in [0.1, 0.15) is 5.75 Å². The van der Waals surface area contributed by atoms with E-state index in [2.05, 4.69) is 18.3 Å². The summed E-state index contributed by atoms with van der Waals surface area (Å²) in [4.78, 5) is 12.0. The minimum atomic E-state index is 0.0396. The van der Waals surface area contributed by atoms with Gasteiger partial charge in [0, 0.05) is 6.54 Å².